The average molecular weight is 172 g/mol. The summed E-state index contributed by atoms with van der Waals surface area (Å²) < 4.78 is 0. The molecule has 0 saturated carbocycles. The van der Waals surface area contributed by atoms with Crippen LogP contribution in [-0.4, -0.2) is 5.78 Å². The molecule has 0 aromatic heterocycles. The van der Waals surface area contributed by atoms with Gasteiger partial charge in [-0.15, -0.1) is 0 Å². The first-order chi connectivity index (χ1) is 6.29. The van der Waals surface area contributed by atoms with Crippen molar-refractivity contribution in [2.75, 3.05) is 0 Å². The van der Waals surface area contributed by atoms with Gasteiger partial charge in [-0.05, 0) is 30.1 Å². The Hall–Kier alpha value is -1.37. The zero-order valence-electron chi connectivity index (χ0n) is 7.71. The monoisotopic (exact) mass is 172 g/mol. The topological polar surface area (TPSA) is 17.1 Å². The molecule has 0 aromatic rings. The lowest BCUT2D eigenvalue weighted by molar-refractivity contribution is -0.115. The normalized spacial score (nSPS) is 21.3. The first-order valence-electron chi connectivity index (χ1n) is 4.57. The van der Waals surface area contributed by atoms with Gasteiger partial charge in [0.05, 0.1) is 0 Å². The van der Waals surface area contributed by atoms with Crippen LogP contribution in [0.2, 0.25) is 0 Å². The third kappa shape index (κ3) is 1.42. The van der Waals surface area contributed by atoms with Gasteiger partial charge in [0.1, 0.15) is 0 Å². The van der Waals surface area contributed by atoms with Crippen molar-refractivity contribution in [2.45, 2.75) is 19.8 Å². The summed E-state index contributed by atoms with van der Waals surface area (Å²) in [5.41, 5.74) is 3.33. The lowest BCUT2D eigenvalue weighted by atomic mass is 9.87. The highest BCUT2D eigenvalue weighted by atomic mass is 16.1. The molecule has 0 aromatic carbocycles. The maximum Gasteiger partial charge on any atom is 0.159 e. The lowest BCUT2D eigenvalue weighted by Crippen LogP contribution is -2.10. The minimum absolute atomic E-state index is 0.290. The standard InChI is InChI=1S/C12H12O/c1-9-11-6-4-2-3-5-10(11)7-8-12(9)13/h2-6H,7-8H2,1H3. The number of carbonyl (C=O) groups excluding carboxylic acids is 1. The van der Waals surface area contributed by atoms with E-state index in [-0.39, 0.29) is 0 Å². The minimum atomic E-state index is 0.290. The Morgan fingerprint density at radius 1 is 1.15 bits per heavy atom. The van der Waals surface area contributed by atoms with Crippen molar-refractivity contribution in [2.24, 2.45) is 0 Å². The summed E-state index contributed by atoms with van der Waals surface area (Å²) in [5.74, 6) is 0.290. The third-order valence-electron chi connectivity index (χ3n) is 2.57. The van der Waals surface area contributed by atoms with Gasteiger partial charge in [-0.25, -0.2) is 0 Å². The van der Waals surface area contributed by atoms with Crippen molar-refractivity contribution in [3.05, 3.63) is 47.1 Å². The van der Waals surface area contributed by atoms with Crippen molar-refractivity contribution in [1.82, 2.24) is 0 Å². The molecule has 2 rings (SSSR count). The maximum absolute atomic E-state index is 11.4. The Labute approximate surface area is 78.1 Å². The van der Waals surface area contributed by atoms with Crippen molar-refractivity contribution >= 4 is 5.78 Å². The molecular formula is C12H12O. The van der Waals surface area contributed by atoms with E-state index in [1.165, 1.54) is 5.57 Å². The van der Waals surface area contributed by atoms with Crippen LogP contribution in [0.25, 0.3) is 0 Å². The van der Waals surface area contributed by atoms with Gasteiger partial charge in [0.25, 0.3) is 0 Å². The number of fused-ring (bicyclic) bond motifs is 1. The van der Waals surface area contributed by atoms with Crippen molar-refractivity contribution < 1.29 is 4.79 Å². The summed E-state index contributed by atoms with van der Waals surface area (Å²) in [5, 5.41) is 0. The number of rotatable bonds is 0. The van der Waals surface area contributed by atoms with Crippen LogP contribution in [-0.2, 0) is 4.79 Å². The highest BCUT2D eigenvalue weighted by Gasteiger charge is 2.18. The molecule has 13 heavy (non-hydrogen) atoms. The molecule has 0 amide bonds. The molecule has 0 spiro atoms. The first kappa shape index (κ1) is 8.24. The van der Waals surface area contributed by atoms with Gasteiger partial charge in [0, 0.05) is 6.42 Å². The van der Waals surface area contributed by atoms with Gasteiger partial charge in [-0.1, -0.05) is 30.4 Å². The smallest absolute Gasteiger partial charge is 0.159 e. The first-order valence-corrected chi connectivity index (χ1v) is 4.57. The van der Waals surface area contributed by atoms with E-state index >= 15 is 0 Å². The molecule has 0 fully saturated rings. The zero-order valence-corrected chi connectivity index (χ0v) is 7.71. The minimum Gasteiger partial charge on any atom is -0.295 e. The number of ketones is 1. The van der Waals surface area contributed by atoms with Gasteiger partial charge in [0.15, 0.2) is 5.78 Å². The fraction of sp³-hybridized carbons (Fsp3) is 0.250. The van der Waals surface area contributed by atoms with Gasteiger partial charge in [0.2, 0.25) is 0 Å². The molecule has 0 N–H and O–H groups in total. The van der Waals surface area contributed by atoms with Crippen LogP contribution in [0.15, 0.2) is 47.1 Å². The second-order valence-corrected chi connectivity index (χ2v) is 3.40. The molecule has 2 aliphatic rings. The maximum atomic E-state index is 11.4. The predicted octanol–water partition coefficient (Wildman–Crippen LogP) is 2.72. The molecule has 0 unspecified atom stereocenters. The molecule has 1 heteroatoms. The number of allylic oxidation sites excluding steroid dienone is 8. The van der Waals surface area contributed by atoms with E-state index in [0.717, 1.165) is 17.6 Å². The van der Waals surface area contributed by atoms with Gasteiger partial charge < -0.3 is 0 Å². The summed E-state index contributed by atoms with van der Waals surface area (Å²) >= 11 is 0. The van der Waals surface area contributed by atoms with E-state index < -0.39 is 0 Å². The number of carbonyl (C=O) groups is 1. The number of Topliss-reactive ketones (excluding diaryl/α,β-unsaturated/α-hetero) is 1. The van der Waals surface area contributed by atoms with Gasteiger partial charge in [-0.2, -0.15) is 0 Å². The number of hydrogen-bond donors (Lipinski definition) is 0. The molecule has 1 nitrogen and oxygen atoms in total. The predicted molar refractivity (Wildman–Crippen MR) is 53.3 cm³/mol. The third-order valence-corrected chi connectivity index (χ3v) is 2.57. The molecule has 0 atom stereocenters. The van der Waals surface area contributed by atoms with Crippen LogP contribution in [0.4, 0.5) is 0 Å². The highest BCUT2D eigenvalue weighted by molar-refractivity contribution is 5.98. The Morgan fingerprint density at radius 2 is 2.00 bits per heavy atom. The highest BCUT2D eigenvalue weighted by Crippen LogP contribution is 2.29. The van der Waals surface area contributed by atoms with Crippen LogP contribution < -0.4 is 0 Å². The van der Waals surface area contributed by atoms with E-state index in [9.17, 15) is 4.79 Å². The molecule has 66 valence electrons. The summed E-state index contributed by atoms with van der Waals surface area (Å²) in [6, 6.07) is 0. The second kappa shape index (κ2) is 3.17. The van der Waals surface area contributed by atoms with Crippen molar-refractivity contribution in [3.63, 3.8) is 0 Å². The molecule has 0 aliphatic heterocycles. The van der Waals surface area contributed by atoms with E-state index in [0.29, 0.717) is 12.2 Å². The Morgan fingerprint density at radius 3 is 2.85 bits per heavy atom. The lowest BCUT2D eigenvalue weighted by Gasteiger charge is -2.16. The molecule has 0 saturated heterocycles. The van der Waals surface area contributed by atoms with Gasteiger partial charge >= 0.3 is 0 Å². The zero-order chi connectivity index (χ0) is 9.26. The van der Waals surface area contributed by atoms with Crippen LogP contribution >= 0.6 is 0 Å². The second-order valence-electron chi connectivity index (χ2n) is 3.40. The van der Waals surface area contributed by atoms with E-state index in [2.05, 4.69) is 6.08 Å². The molecule has 0 heterocycles. The van der Waals surface area contributed by atoms with Crippen LogP contribution in [0.3, 0.4) is 0 Å². The van der Waals surface area contributed by atoms with E-state index in [1.807, 2.05) is 31.2 Å². The van der Waals surface area contributed by atoms with Crippen molar-refractivity contribution in [3.8, 4) is 0 Å². The fourth-order valence-corrected chi connectivity index (χ4v) is 1.75. The summed E-state index contributed by atoms with van der Waals surface area (Å²) in [7, 11) is 0. The van der Waals surface area contributed by atoms with Crippen molar-refractivity contribution in [1.29, 1.82) is 0 Å². The van der Waals surface area contributed by atoms with Gasteiger partial charge in [-0.3, -0.25) is 4.79 Å². The summed E-state index contributed by atoms with van der Waals surface area (Å²) in [6.07, 6.45) is 11.7. The van der Waals surface area contributed by atoms with E-state index in [1.54, 1.807) is 0 Å². The number of hydrogen-bond acceptors (Lipinski definition) is 1. The van der Waals surface area contributed by atoms with E-state index in [4.69, 9.17) is 0 Å². The molecule has 2 aliphatic carbocycles. The summed E-state index contributed by atoms with van der Waals surface area (Å²) in [4.78, 5) is 11.4. The Kier molecular flexibility index (Phi) is 2.01. The molecule has 0 radical (unpaired) electrons. The fourth-order valence-electron chi connectivity index (χ4n) is 1.75. The largest absolute Gasteiger partial charge is 0.295 e. The van der Waals surface area contributed by atoms with Crippen LogP contribution in [0, 0.1) is 0 Å². The Bertz CT molecular complexity index is 365. The SMILES string of the molecule is CC1=C2C=CC=CC=C2CCC1=O. The van der Waals surface area contributed by atoms with Crippen LogP contribution in [0.1, 0.15) is 19.8 Å². The molecule has 0 bridgehead atoms. The molecular weight excluding hydrogens is 160 g/mol. The van der Waals surface area contributed by atoms with Crippen LogP contribution in [0.5, 0.6) is 0 Å². The quantitative estimate of drug-likeness (QED) is 0.549. The Balaban J connectivity index is 2.54. The summed E-state index contributed by atoms with van der Waals surface area (Å²) in [6.45, 7) is 1.92. The average Bonchev–Trinajstić information content (AvgIpc) is 2.36.